The fourth-order valence-corrected chi connectivity index (χ4v) is 3.15. The van der Waals surface area contributed by atoms with Crippen LogP contribution >= 0.6 is 0 Å². The molecule has 1 saturated heterocycles. The zero-order valence-corrected chi connectivity index (χ0v) is 15.8. The number of carbonyl (C=O) groups is 1. The first kappa shape index (κ1) is 20.0. The number of anilines is 1. The summed E-state index contributed by atoms with van der Waals surface area (Å²) in [6.07, 6.45) is -3.68. The summed E-state index contributed by atoms with van der Waals surface area (Å²) in [5.41, 5.74) is 1.16. The van der Waals surface area contributed by atoms with Crippen molar-refractivity contribution >= 4 is 11.7 Å². The topological polar surface area (TPSA) is 38.8 Å². The van der Waals surface area contributed by atoms with E-state index in [1.165, 1.54) is 13.2 Å². The second-order valence-electron chi connectivity index (χ2n) is 6.73. The summed E-state index contributed by atoms with van der Waals surface area (Å²) >= 11 is 0. The standard InChI is InChI=1S/C21H22F3NO3/c1-3-9-28-19-8-7-16(21(22,23)24)11-18(19)14-5-4-6-17(10-14)25-12-15(13-25)20(26)27-2/h4-8,10-11,15H,3,9,12-13H2,1-2H3. The maximum Gasteiger partial charge on any atom is 0.416 e. The van der Waals surface area contributed by atoms with Crippen LogP contribution in [0.1, 0.15) is 18.9 Å². The van der Waals surface area contributed by atoms with Gasteiger partial charge in [0, 0.05) is 24.3 Å². The van der Waals surface area contributed by atoms with Crippen LogP contribution < -0.4 is 9.64 Å². The molecule has 0 atom stereocenters. The van der Waals surface area contributed by atoms with E-state index in [9.17, 15) is 18.0 Å². The maximum absolute atomic E-state index is 13.2. The molecule has 3 rings (SSSR count). The average Bonchev–Trinajstić information content (AvgIpc) is 2.64. The number of rotatable bonds is 6. The number of carbonyl (C=O) groups excluding carboxylic acids is 1. The molecule has 0 N–H and O–H groups in total. The Hall–Kier alpha value is -2.70. The van der Waals surface area contributed by atoms with Gasteiger partial charge in [0.15, 0.2) is 0 Å². The minimum Gasteiger partial charge on any atom is -0.493 e. The van der Waals surface area contributed by atoms with Crippen LogP contribution in [0.15, 0.2) is 42.5 Å². The Bertz CT molecular complexity index is 845. The van der Waals surface area contributed by atoms with Gasteiger partial charge in [-0.15, -0.1) is 0 Å². The van der Waals surface area contributed by atoms with Crippen molar-refractivity contribution in [1.29, 1.82) is 0 Å². The normalized spacial score (nSPS) is 14.5. The van der Waals surface area contributed by atoms with Crippen LogP contribution in [0.2, 0.25) is 0 Å². The number of methoxy groups -OCH3 is 1. The van der Waals surface area contributed by atoms with Crippen LogP contribution in [0.4, 0.5) is 18.9 Å². The largest absolute Gasteiger partial charge is 0.493 e. The van der Waals surface area contributed by atoms with Gasteiger partial charge in [-0.3, -0.25) is 4.79 Å². The molecule has 0 saturated carbocycles. The molecule has 2 aromatic rings. The van der Waals surface area contributed by atoms with Crippen LogP contribution in [-0.4, -0.2) is 32.8 Å². The third-order valence-electron chi connectivity index (χ3n) is 4.71. The summed E-state index contributed by atoms with van der Waals surface area (Å²) in [5, 5.41) is 0. The molecule has 1 fully saturated rings. The summed E-state index contributed by atoms with van der Waals surface area (Å²) in [6.45, 7) is 3.41. The van der Waals surface area contributed by atoms with Crippen molar-refractivity contribution in [3.63, 3.8) is 0 Å². The van der Waals surface area contributed by atoms with E-state index in [0.29, 0.717) is 36.6 Å². The lowest BCUT2D eigenvalue weighted by Crippen LogP contribution is -2.50. The number of hydrogen-bond donors (Lipinski definition) is 0. The van der Waals surface area contributed by atoms with E-state index < -0.39 is 11.7 Å². The highest BCUT2D eigenvalue weighted by atomic mass is 19.4. The van der Waals surface area contributed by atoms with Gasteiger partial charge in [-0.1, -0.05) is 19.1 Å². The summed E-state index contributed by atoms with van der Waals surface area (Å²) in [6, 6.07) is 10.8. The van der Waals surface area contributed by atoms with Crippen LogP contribution in [-0.2, 0) is 15.7 Å². The number of benzene rings is 2. The highest BCUT2D eigenvalue weighted by Gasteiger charge is 2.34. The fraction of sp³-hybridized carbons (Fsp3) is 0.381. The van der Waals surface area contributed by atoms with E-state index in [-0.39, 0.29) is 11.9 Å². The van der Waals surface area contributed by atoms with Crippen molar-refractivity contribution < 1.29 is 27.4 Å². The van der Waals surface area contributed by atoms with E-state index in [4.69, 9.17) is 9.47 Å². The molecule has 0 aromatic heterocycles. The highest BCUT2D eigenvalue weighted by molar-refractivity contribution is 5.78. The Morgan fingerprint density at radius 2 is 1.93 bits per heavy atom. The van der Waals surface area contributed by atoms with Crippen LogP contribution in [0, 0.1) is 5.92 Å². The highest BCUT2D eigenvalue weighted by Crippen LogP contribution is 2.39. The smallest absolute Gasteiger partial charge is 0.416 e. The Kier molecular flexibility index (Phi) is 5.82. The van der Waals surface area contributed by atoms with Crippen molar-refractivity contribution in [3.8, 4) is 16.9 Å². The Labute approximate surface area is 161 Å². The summed E-state index contributed by atoms with van der Waals surface area (Å²) in [5.74, 6) is -0.00533. The summed E-state index contributed by atoms with van der Waals surface area (Å²) in [7, 11) is 1.36. The first-order chi connectivity index (χ1) is 13.3. The van der Waals surface area contributed by atoms with Crippen molar-refractivity contribution in [2.24, 2.45) is 5.92 Å². The van der Waals surface area contributed by atoms with Gasteiger partial charge in [0.1, 0.15) is 5.75 Å². The van der Waals surface area contributed by atoms with E-state index in [1.54, 1.807) is 12.1 Å². The lowest BCUT2D eigenvalue weighted by Gasteiger charge is -2.39. The molecule has 0 aliphatic carbocycles. The lowest BCUT2D eigenvalue weighted by molar-refractivity contribution is -0.146. The Balaban J connectivity index is 1.91. The molecule has 2 aromatic carbocycles. The van der Waals surface area contributed by atoms with Crippen LogP contribution in [0.3, 0.4) is 0 Å². The molecule has 1 heterocycles. The third kappa shape index (κ3) is 4.24. The summed E-state index contributed by atoms with van der Waals surface area (Å²) < 4.78 is 50.0. The maximum atomic E-state index is 13.2. The second-order valence-corrected chi connectivity index (χ2v) is 6.73. The molecule has 0 amide bonds. The van der Waals surface area contributed by atoms with Gasteiger partial charge in [0.25, 0.3) is 0 Å². The number of halogens is 3. The summed E-state index contributed by atoms with van der Waals surface area (Å²) in [4.78, 5) is 13.6. The monoisotopic (exact) mass is 393 g/mol. The molecular weight excluding hydrogens is 371 g/mol. The van der Waals surface area contributed by atoms with E-state index in [0.717, 1.165) is 24.2 Å². The number of ether oxygens (including phenoxy) is 2. The minimum atomic E-state index is -4.43. The molecule has 0 unspecified atom stereocenters. The first-order valence-corrected chi connectivity index (χ1v) is 9.10. The Morgan fingerprint density at radius 3 is 2.57 bits per heavy atom. The number of nitrogens with zero attached hydrogens (tertiary/aromatic N) is 1. The predicted octanol–water partition coefficient (Wildman–Crippen LogP) is 4.77. The molecule has 1 aliphatic heterocycles. The van der Waals surface area contributed by atoms with Crippen molar-refractivity contribution in [2.45, 2.75) is 19.5 Å². The van der Waals surface area contributed by atoms with Gasteiger partial charge >= 0.3 is 12.1 Å². The molecule has 4 nitrogen and oxygen atoms in total. The van der Waals surface area contributed by atoms with E-state index >= 15 is 0 Å². The molecule has 7 heteroatoms. The number of hydrogen-bond acceptors (Lipinski definition) is 4. The molecule has 0 spiro atoms. The van der Waals surface area contributed by atoms with Crippen molar-refractivity contribution in [2.75, 3.05) is 31.7 Å². The van der Waals surface area contributed by atoms with Gasteiger partial charge in [0.2, 0.25) is 0 Å². The lowest BCUT2D eigenvalue weighted by atomic mass is 9.97. The quantitative estimate of drug-likeness (QED) is 0.663. The van der Waals surface area contributed by atoms with Gasteiger partial charge in [-0.25, -0.2) is 0 Å². The van der Waals surface area contributed by atoms with Gasteiger partial charge in [0.05, 0.1) is 25.2 Å². The molecule has 0 bridgehead atoms. The third-order valence-corrected chi connectivity index (χ3v) is 4.71. The number of alkyl halides is 3. The van der Waals surface area contributed by atoms with Crippen LogP contribution in [0.25, 0.3) is 11.1 Å². The molecule has 150 valence electrons. The molecular formula is C21H22F3NO3. The predicted molar refractivity (Wildman–Crippen MR) is 100 cm³/mol. The zero-order valence-electron chi connectivity index (χ0n) is 15.8. The van der Waals surface area contributed by atoms with Gasteiger partial charge in [-0.05, 0) is 42.3 Å². The SMILES string of the molecule is CCCOc1ccc(C(F)(F)F)cc1-c1cccc(N2CC(C(=O)OC)C2)c1. The van der Waals surface area contributed by atoms with Crippen LogP contribution in [0.5, 0.6) is 5.75 Å². The first-order valence-electron chi connectivity index (χ1n) is 9.10. The average molecular weight is 393 g/mol. The second kappa shape index (κ2) is 8.12. The van der Waals surface area contributed by atoms with E-state index in [1.807, 2.05) is 24.0 Å². The van der Waals surface area contributed by atoms with Gasteiger partial charge in [-0.2, -0.15) is 13.2 Å². The number of esters is 1. The minimum absolute atomic E-state index is 0.175. The van der Waals surface area contributed by atoms with Crippen molar-refractivity contribution in [3.05, 3.63) is 48.0 Å². The van der Waals surface area contributed by atoms with E-state index in [2.05, 4.69) is 0 Å². The molecule has 0 radical (unpaired) electrons. The van der Waals surface area contributed by atoms with Crippen molar-refractivity contribution in [1.82, 2.24) is 0 Å². The Morgan fingerprint density at radius 1 is 1.18 bits per heavy atom. The molecule has 1 aliphatic rings. The molecule has 28 heavy (non-hydrogen) atoms. The zero-order chi connectivity index (χ0) is 20.3. The fourth-order valence-electron chi connectivity index (χ4n) is 3.15. The van der Waals surface area contributed by atoms with Gasteiger partial charge < -0.3 is 14.4 Å².